The molecule has 2 aromatic heterocycles. The number of benzene rings is 2. The number of hydrogen-bond donors (Lipinski definition) is 3. The number of alkyl halides is 3. The third kappa shape index (κ3) is 13.2. The highest BCUT2D eigenvalue weighted by Gasteiger charge is 2.45. The highest BCUT2D eigenvalue weighted by Crippen LogP contribution is 2.43. The molecule has 74 heavy (non-hydrogen) atoms. The molecular formula is C52H64F3N11O8. The van der Waals surface area contributed by atoms with Crippen LogP contribution in [0.25, 0.3) is 0 Å². The Kier molecular flexibility index (Phi) is 16.7. The Morgan fingerprint density at radius 3 is 2.35 bits per heavy atom. The molecule has 4 aromatic rings. The van der Waals surface area contributed by atoms with Gasteiger partial charge in [0.15, 0.2) is 0 Å². The molecule has 22 heteroatoms. The minimum absolute atomic E-state index is 0.0127. The molecular weight excluding hydrogens is 964 g/mol. The number of fused-ring (bicyclic) bond motifs is 1. The van der Waals surface area contributed by atoms with Gasteiger partial charge in [-0.25, -0.2) is 14.6 Å². The fourth-order valence-electron chi connectivity index (χ4n) is 9.22. The van der Waals surface area contributed by atoms with E-state index in [2.05, 4.69) is 38.0 Å². The number of aromatic nitrogens is 4. The van der Waals surface area contributed by atoms with Crippen molar-refractivity contribution in [3.05, 3.63) is 94.1 Å². The molecule has 3 aliphatic heterocycles. The van der Waals surface area contributed by atoms with Gasteiger partial charge in [-0.15, -0.1) is 10.2 Å². The Bertz CT molecular complexity index is 2770. The minimum Gasteiger partial charge on any atom is -0.444 e. The predicted octanol–water partition coefficient (Wildman–Crippen LogP) is 7.18. The first-order valence-electron chi connectivity index (χ1n) is 24.6. The van der Waals surface area contributed by atoms with E-state index in [0.29, 0.717) is 40.5 Å². The molecule has 396 valence electrons. The van der Waals surface area contributed by atoms with Crippen LogP contribution in [0.3, 0.4) is 0 Å². The minimum atomic E-state index is -4.76. The zero-order valence-electron chi connectivity index (χ0n) is 43.0. The number of carbonyl (C=O) groups is 5. The zero-order chi connectivity index (χ0) is 53.7. The number of amides is 5. The van der Waals surface area contributed by atoms with Gasteiger partial charge in [0.1, 0.15) is 48.1 Å². The van der Waals surface area contributed by atoms with Crippen molar-refractivity contribution in [2.24, 2.45) is 18.9 Å². The number of halogens is 3. The molecule has 7 rings (SSSR count). The summed E-state index contributed by atoms with van der Waals surface area (Å²) in [6.45, 7) is 13.4. The number of hydrogen-bond acceptors (Lipinski definition) is 13. The number of nitrogens with zero attached hydrogens (tertiary/aromatic N) is 8. The van der Waals surface area contributed by atoms with E-state index >= 15 is 0 Å². The first-order valence-corrected chi connectivity index (χ1v) is 24.6. The molecule has 0 aliphatic carbocycles. The Labute approximate surface area is 428 Å². The van der Waals surface area contributed by atoms with Crippen molar-refractivity contribution in [1.82, 2.24) is 35.3 Å². The number of rotatable bonds is 17. The third-order valence-corrected chi connectivity index (χ3v) is 13.2. The number of likely N-dealkylation sites (tertiary alicyclic amines) is 1. The van der Waals surface area contributed by atoms with E-state index in [1.807, 2.05) is 6.07 Å². The van der Waals surface area contributed by atoms with E-state index in [-0.39, 0.29) is 68.0 Å². The third-order valence-electron chi connectivity index (χ3n) is 13.2. The fraction of sp³-hybridized carbons (Fsp3) is 0.519. The molecule has 5 heterocycles. The van der Waals surface area contributed by atoms with E-state index in [9.17, 15) is 42.4 Å². The quantitative estimate of drug-likeness (QED) is 0.0954. The summed E-state index contributed by atoms with van der Waals surface area (Å²) >= 11 is 0. The van der Waals surface area contributed by atoms with Crippen LogP contribution in [0.2, 0.25) is 0 Å². The van der Waals surface area contributed by atoms with Crippen LogP contribution in [0, 0.1) is 23.2 Å². The van der Waals surface area contributed by atoms with Gasteiger partial charge in [-0.3, -0.25) is 29.1 Å². The smallest absolute Gasteiger partial charge is 0.416 e. The average Bonchev–Trinajstić information content (AvgIpc) is 3.88. The number of piperidine rings is 1. The van der Waals surface area contributed by atoms with Crippen molar-refractivity contribution >= 4 is 47.2 Å². The normalized spacial score (nSPS) is 17.4. The summed E-state index contributed by atoms with van der Waals surface area (Å²) < 4.78 is 63.3. The average molecular weight is 1030 g/mol. The van der Waals surface area contributed by atoms with E-state index in [4.69, 9.17) is 19.2 Å². The Balaban J connectivity index is 1.11. The first-order chi connectivity index (χ1) is 34.9. The lowest BCUT2D eigenvalue weighted by Crippen LogP contribution is -2.54. The Hall–Kier alpha value is -7.12. The molecule has 0 radical (unpaired) electrons. The summed E-state index contributed by atoms with van der Waals surface area (Å²) in [6.07, 6.45) is -2.76. The fourth-order valence-corrected chi connectivity index (χ4v) is 9.22. The second-order valence-electron chi connectivity index (χ2n) is 20.8. The Morgan fingerprint density at radius 2 is 1.74 bits per heavy atom. The van der Waals surface area contributed by atoms with Crippen LogP contribution in [-0.4, -0.2) is 105 Å². The summed E-state index contributed by atoms with van der Waals surface area (Å²) in [5.74, 6) is -1.15. The molecule has 2 fully saturated rings. The van der Waals surface area contributed by atoms with Gasteiger partial charge >= 0.3 is 18.4 Å². The summed E-state index contributed by atoms with van der Waals surface area (Å²) in [6, 6.07) is 12.4. The number of nitrogens with one attached hydrogen (secondary N) is 3. The number of pyridine rings is 1. The van der Waals surface area contributed by atoms with Crippen molar-refractivity contribution in [3.63, 3.8) is 0 Å². The van der Waals surface area contributed by atoms with Crippen LogP contribution in [0.15, 0.2) is 54.9 Å². The van der Waals surface area contributed by atoms with Gasteiger partial charge in [0.25, 0.3) is 5.91 Å². The molecule has 0 saturated carbocycles. The molecule has 3 atom stereocenters. The van der Waals surface area contributed by atoms with Crippen molar-refractivity contribution in [2.45, 2.75) is 123 Å². The Morgan fingerprint density at radius 1 is 1.01 bits per heavy atom. The lowest BCUT2D eigenvalue weighted by molar-refractivity contribution is -0.138. The second kappa shape index (κ2) is 22.6. The highest BCUT2D eigenvalue weighted by molar-refractivity contribution is 6.10. The van der Waals surface area contributed by atoms with Gasteiger partial charge in [-0.05, 0) is 118 Å². The van der Waals surface area contributed by atoms with Crippen LogP contribution >= 0.6 is 0 Å². The number of carbonyl (C=O) groups excluding carboxylic acids is 5. The van der Waals surface area contributed by atoms with E-state index in [0.717, 1.165) is 36.9 Å². The SMILES string of the molecule is CC(C)[C@H](NC(=O)OC(C)(C)C)C(=O)N[C@@H](C)C(=O)Nc1ccc(COC(=O)N(CCC#N)c2cc(C3(Cc4nncn4C)COC3)cc(N3Cc4c(cc(CN5CCC[C@H](C)C5)cc4C(F)(F)F)C3=O)n2)cc1. The molecule has 3 N–H and O–H groups in total. The van der Waals surface area contributed by atoms with Crippen LogP contribution < -0.4 is 25.8 Å². The number of alkyl carbamates (subject to hydrolysis) is 1. The summed E-state index contributed by atoms with van der Waals surface area (Å²) in [7, 11) is 1.79. The predicted molar refractivity (Wildman–Crippen MR) is 266 cm³/mol. The summed E-state index contributed by atoms with van der Waals surface area (Å²) in [5.41, 5.74) is -0.889. The van der Waals surface area contributed by atoms with Crippen LogP contribution in [-0.2, 0) is 68.6 Å². The highest BCUT2D eigenvalue weighted by atomic mass is 19.4. The van der Waals surface area contributed by atoms with Crippen molar-refractivity contribution in [3.8, 4) is 6.07 Å². The van der Waals surface area contributed by atoms with Crippen molar-refractivity contribution in [1.29, 1.82) is 5.26 Å². The van der Waals surface area contributed by atoms with Gasteiger partial charge in [0.05, 0.1) is 37.8 Å². The lowest BCUT2D eigenvalue weighted by Gasteiger charge is -2.42. The topological polar surface area (TPSA) is 226 Å². The maximum Gasteiger partial charge on any atom is 0.416 e. The van der Waals surface area contributed by atoms with Crippen LogP contribution in [0.5, 0.6) is 0 Å². The number of ether oxygens (including phenoxy) is 3. The monoisotopic (exact) mass is 1030 g/mol. The molecule has 2 aromatic carbocycles. The van der Waals surface area contributed by atoms with Crippen LogP contribution in [0.1, 0.15) is 112 Å². The largest absolute Gasteiger partial charge is 0.444 e. The molecule has 2 saturated heterocycles. The molecule has 0 unspecified atom stereocenters. The standard InChI is InChI=1S/C52H64F3N11O8/c1-31(2)44(61-48(70)74-50(5,6)7)46(68)58-33(4)45(67)59-37-14-12-34(13-15-37)27-73-49(71)65(18-10-16-56)41-21-36(51(28-72-29-51)23-43-62-57-30-63(43)8)22-42(60-41)66-26-39-38(47(66)69)19-35(20-40(39)52(53,54)55)25-64-17-9-11-32(3)24-64/h12-15,19-22,30-33,44H,9-11,17-18,23-29H2,1-8H3,(H,58,68)(H,59,67)(H,61,70)/t32-,33-,44-/m0/s1. The summed E-state index contributed by atoms with van der Waals surface area (Å²) in [4.78, 5) is 76.6. The number of anilines is 3. The lowest BCUT2D eigenvalue weighted by atomic mass is 9.75. The van der Waals surface area contributed by atoms with Crippen molar-refractivity contribution < 1.29 is 51.4 Å². The molecule has 3 aliphatic rings. The molecule has 0 spiro atoms. The molecule has 0 bridgehead atoms. The number of aryl methyl sites for hydroxylation is 1. The van der Waals surface area contributed by atoms with Gasteiger partial charge in [0, 0.05) is 49.8 Å². The van der Waals surface area contributed by atoms with Gasteiger partial charge in [-0.1, -0.05) is 32.9 Å². The zero-order valence-corrected chi connectivity index (χ0v) is 43.0. The van der Waals surface area contributed by atoms with Gasteiger partial charge < -0.3 is 34.7 Å². The maximum atomic E-state index is 14.9. The summed E-state index contributed by atoms with van der Waals surface area (Å²) in [5, 5.41) is 25.9. The molecule has 5 amide bonds. The van der Waals surface area contributed by atoms with Gasteiger partial charge in [0.2, 0.25) is 11.8 Å². The second-order valence-corrected chi connectivity index (χ2v) is 20.8. The van der Waals surface area contributed by atoms with E-state index < -0.39 is 71.3 Å². The molecule has 19 nitrogen and oxygen atoms in total. The number of nitriles is 1. The van der Waals surface area contributed by atoms with Gasteiger partial charge in [-0.2, -0.15) is 18.4 Å². The first kappa shape index (κ1) is 54.6. The van der Waals surface area contributed by atoms with E-state index in [1.165, 1.54) is 11.8 Å². The van der Waals surface area contributed by atoms with E-state index in [1.54, 1.807) is 95.0 Å². The van der Waals surface area contributed by atoms with Crippen LogP contribution in [0.4, 0.5) is 40.1 Å². The van der Waals surface area contributed by atoms with Crippen molar-refractivity contribution in [2.75, 3.05) is 48.0 Å². The maximum absolute atomic E-state index is 14.9.